The molecular weight excluding hydrogens is 350 g/mol. The van der Waals surface area contributed by atoms with E-state index in [1.807, 2.05) is 35.7 Å². The average molecular weight is 369 g/mol. The first-order valence-corrected chi connectivity index (χ1v) is 9.48. The maximum Gasteiger partial charge on any atom is 0.268 e. The normalized spacial score (nSPS) is 17.2. The number of thiophene rings is 1. The van der Waals surface area contributed by atoms with E-state index < -0.39 is 0 Å². The second-order valence-electron chi connectivity index (χ2n) is 6.18. The highest BCUT2D eigenvalue weighted by molar-refractivity contribution is 7.13. The van der Waals surface area contributed by atoms with Crippen LogP contribution >= 0.6 is 11.3 Å². The molecule has 1 aliphatic heterocycles. The quantitative estimate of drug-likeness (QED) is 0.744. The number of amides is 1. The topological polar surface area (TPSA) is 84.2 Å². The lowest BCUT2D eigenvalue weighted by molar-refractivity contribution is -0.125. The van der Waals surface area contributed by atoms with Crippen LogP contribution in [0.3, 0.4) is 0 Å². The van der Waals surface area contributed by atoms with E-state index in [0.29, 0.717) is 18.3 Å². The minimum atomic E-state index is -0.0607. The van der Waals surface area contributed by atoms with Gasteiger partial charge in [-0.1, -0.05) is 17.3 Å². The molecule has 0 bridgehead atoms. The van der Waals surface area contributed by atoms with Gasteiger partial charge in [0.25, 0.3) is 5.89 Å². The van der Waals surface area contributed by atoms with Gasteiger partial charge < -0.3 is 14.7 Å². The molecule has 26 heavy (non-hydrogen) atoms. The van der Waals surface area contributed by atoms with Crippen LogP contribution in [0.5, 0.6) is 0 Å². The van der Waals surface area contributed by atoms with Gasteiger partial charge in [-0.3, -0.25) is 4.79 Å². The molecule has 0 saturated carbocycles. The van der Waals surface area contributed by atoms with Crippen molar-refractivity contribution in [3.8, 4) is 10.8 Å². The van der Waals surface area contributed by atoms with E-state index in [1.165, 1.54) is 11.3 Å². The van der Waals surface area contributed by atoms with Gasteiger partial charge in [0.15, 0.2) is 5.82 Å². The van der Waals surface area contributed by atoms with Crippen LogP contribution in [0.2, 0.25) is 0 Å². The number of nitrogens with zero attached hydrogens (tertiary/aromatic N) is 4. The van der Waals surface area contributed by atoms with E-state index in [1.54, 1.807) is 6.20 Å². The summed E-state index contributed by atoms with van der Waals surface area (Å²) < 4.78 is 5.24. The SMILES string of the molecule is O=C(NCc1noc(-c2cccs2)n1)C1CCCN(c2ccccn2)C1. The van der Waals surface area contributed by atoms with Crippen molar-refractivity contribution in [1.82, 2.24) is 20.4 Å². The summed E-state index contributed by atoms with van der Waals surface area (Å²) in [5.41, 5.74) is 0. The zero-order valence-corrected chi connectivity index (χ0v) is 15.0. The second kappa shape index (κ2) is 7.65. The molecule has 1 saturated heterocycles. The number of anilines is 1. The van der Waals surface area contributed by atoms with E-state index in [-0.39, 0.29) is 18.4 Å². The number of pyridine rings is 1. The third-order valence-electron chi connectivity index (χ3n) is 4.39. The molecule has 1 aliphatic rings. The van der Waals surface area contributed by atoms with Gasteiger partial charge >= 0.3 is 0 Å². The van der Waals surface area contributed by atoms with Gasteiger partial charge in [-0.05, 0) is 36.4 Å². The molecule has 1 amide bonds. The molecular formula is C18H19N5O2S. The highest BCUT2D eigenvalue weighted by Gasteiger charge is 2.26. The second-order valence-corrected chi connectivity index (χ2v) is 7.13. The highest BCUT2D eigenvalue weighted by atomic mass is 32.1. The van der Waals surface area contributed by atoms with Gasteiger partial charge in [0, 0.05) is 19.3 Å². The summed E-state index contributed by atoms with van der Waals surface area (Å²) in [6.07, 6.45) is 3.63. The number of rotatable bonds is 5. The van der Waals surface area contributed by atoms with Crippen LogP contribution < -0.4 is 10.2 Å². The molecule has 4 rings (SSSR count). The van der Waals surface area contributed by atoms with Crippen molar-refractivity contribution in [2.75, 3.05) is 18.0 Å². The highest BCUT2D eigenvalue weighted by Crippen LogP contribution is 2.23. The number of piperidine rings is 1. The first kappa shape index (κ1) is 16.7. The fraction of sp³-hybridized carbons (Fsp3) is 0.333. The Bertz CT molecular complexity index is 850. The fourth-order valence-electron chi connectivity index (χ4n) is 3.08. The molecule has 0 radical (unpaired) electrons. The molecule has 4 heterocycles. The number of carbonyl (C=O) groups is 1. The number of nitrogens with one attached hydrogen (secondary N) is 1. The Kier molecular flexibility index (Phi) is 4.92. The number of hydrogen-bond acceptors (Lipinski definition) is 7. The molecule has 1 unspecified atom stereocenters. The van der Waals surface area contributed by atoms with Crippen LogP contribution in [-0.2, 0) is 11.3 Å². The fourth-order valence-corrected chi connectivity index (χ4v) is 3.72. The summed E-state index contributed by atoms with van der Waals surface area (Å²) in [7, 11) is 0. The van der Waals surface area contributed by atoms with Crippen molar-refractivity contribution in [2.24, 2.45) is 5.92 Å². The predicted molar refractivity (Wildman–Crippen MR) is 98.6 cm³/mol. The average Bonchev–Trinajstić information content (AvgIpc) is 3.38. The van der Waals surface area contributed by atoms with Gasteiger partial charge in [-0.2, -0.15) is 4.98 Å². The van der Waals surface area contributed by atoms with Gasteiger partial charge in [-0.15, -0.1) is 11.3 Å². The standard InChI is InChI=1S/C18H19N5O2S/c24-17(13-5-3-9-23(12-13)16-7-1-2-8-19-16)20-11-15-21-18(25-22-15)14-6-4-10-26-14/h1-2,4,6-8,10,13H,3,5,9,11-12H2,(H,20,24). The van der Waals surface area contributed by atoms with Crippen molar-refractivity contribution < 1.29 is 9.32 Å². The van der Waals surface area contributed by atoms with E-state index in [0.717, 1.165) is 30.1 Å². The summed E-state index contributed by atoms with van der Waals surface area (Å²) in [5.74, 6) is 1.86. The Morgan fingerprint density at radius 2 is 2.31 bits per heavy atom. The van der Waals surface area contributed by atoms with E-state index in [2.05, 4.69) is 25.3 Å². The molecule has 134 valence electrons. The minimum absolute atomic E-state index is 0.0214. The maximum atomic E-state index is 12.5. The van der Waals surface area contributed by atoms with Gasteiger partial charge in [0.2, 0.25) is 5.91 Å². The smallest absolute Gasteiger partial charge is 0.268 e. The zero-order valence-electron chi connectivity index (χ0n) is 14.2. The first-order valence-electron chi connectivity index (χ1n) is 8.60. The van der Waals surface area contributed by atoms with Crippen molar-refractivity contribution >= 4 is 23.1 Å². The zero-order chi connectivity index (χ0) is 17.8. The van der Waals surface area contributed by atoms with Crippen LogP contribution in [0.15, 0.2) is 46.4 Å². The lowest BCUT2D eigenvalue weighted by Gasteiger charge is -2.32. The third-order valence-corrected chi connectivity index (χ3v) is 5.24. The summed E-state index contributed by atoms with van der Waals surface area (Å²) in [4.78, 5) is 24.3. The molecule has 3 aromatic heterocycles. The van der Waals surface area contributed by atoms with Gasteiger partial charge in [0.1, 0.15) is 5.82 Å². The molecule has 1 N–H and O–H groups in total. The Morgan fingerprint density at radius 1 is 1.35 bits per heavy atom. The maximum absolute atomic E-state index is 12.5. The Morgan fingerprint density at radius 3 is 3.12 bits per heavy atom. The Labute approximate surface area is 155 Å². The lowest BCUT2D eigenvalue weighted by atomic mass is 9.97. The Hall–Kier alpha value is -2.74. The molecule has 0 aliphatic carbocycles. The van der Waals surface area contributed by atoms with Crippen molar-refractivity contribution in [1.29, 1.82) is 0 Å². The van der Waals surface area contributed by atoms with E-state index in [4.69, 9.17) is 4.52 Å². The van der Waals surface area contributed by atoms with Gasteiger partial charge in [-0.25, -0.2) is 4.98 Å². The monoisotopic (exact) mass is 369 g/mol. The number of aromatic nitrogens is 3. The van der Waals surface area contributed by atoms with Gasteiger partial charge in [0.05, 0.1) is 17.3 Å². The van der Waals surface area contributed by atoms with E-state index >= 15 is 0 Å². The largest absolute Gasteiger partial charge is 0.356 e. The Balaban J connectivity index is 1.33. The molecule has 0 spiro atoms. The third kappa shape index (κ3) is 3.75. The first-order chi connectivity index (χ1) is 12.8. The van der Waals surface area contributed by atoms with Crippen LogP contribution in [0.4, 0.5) is 5.82 Å². The molecule has 3 aromatic rings. The van der Waals surface area contributed by atoms with Crippen molar-refractivity contribution in [3.63, 3.8) is 0 Å². The number of carbonyl (C=O) groups excluding carboxylic acids is 1. The number of hydrogen-bond donors (Lipinski definition) is 1. The molecule has 8 heteroatoms. The predicted octanol–water partition coefficient (Wildman–Crippen LogP) is 2.73. The van der Waals surface area contributed by atoms with Crippen molar-refractivity contribution in [3.05, 3.63) is 47.7 Å². The van der Waals surface area contributed by atoms with E-state index in [9.17, 15) is 4.79 Å². The molecule has 1 fully saturated rings. The minimum Gasteiger partial charge on any atom is -0.356 e. The van der Waals surface area contributed by atoms with Crippen LogP contribution in [-0.4, -0.2) is 34.1 Å². The van der Waals surface area contributed by atoms with Crippen molar-refractivity contribution in [2.45, 2.75) is 19.4 Å². The van der Waals surface area contributed by atoms with Crippen LogP contribution in [0.25, 0.3) is 10.8 Å². The summed E-state index contributed by atoms with van der Waals surface area (Å²) in [5, 5.41) is 8.82. The summed E-state index contributed by atoms with van der Waals surface area (Å²) in [6, 6.07) is 9.70. The van der Waals surface area contributed by atoms with Crippen LogP contribution in [0, 0.1) is 5.92 Å². The molecule has 0 aromatic carbocycles. The summed E-state index contributed by atoms with van der Waals surface area (Å²) >= 11 is 1.54. The molecule has 1 atom stereocenters. The van der Waals surface area contributed by atoms with Crippen LogP contribution in [0.1, 0.15) is 18.7 Å². The lowest BCUT2D eigenvalue weighted by Crippen LogP contribution is -2.43. The summed E-state index contributed by atoms with van der Waals surface area (Å²) in [6.45, 7) is 1.87. The molecule has 7 nitrogen and oxygen atoms in total.